The first kappa shape index (κ1) is 9.93. The number of carbonyl (C=O) groups is 1. The second-order valence-electron chi connectivity index (χ2n) is 3.42. The molecule has 0 amide bonds. The maximum absolute atomic E-state index is 11.8. The monoisotopic (exact) mass is 203 g/mol. The van der Waals surface area contributed by atoms with E-state index >= 15 is 0 Å². The van der Waals surface area contributed by atoms with Crippen LogP contribution in [0.5, 0.6) is 0 Å². The molecule has 2 aromatic rings. The zero-order valence-electron chi connectivity index (χ0n) is 8.62. The van der Waals surface area contributed by atoms with Gasteiger partial charge in [0.2, 0.25) is 0 Å². The van der Waals surface area contributed by atoms with Crippen molar-refractivity contribution in [1.29, 1.82) is 0 Å². The fraction of sp³-hybridized carbons (Fsp3) is 0.250. The predicted octanol–water partition coefficient (Wildman–Crippen LogP) is 2.22. The number of carbonyl (C=O) groups excluding carboxylic acids is 1. The number of para-hydroxylation sites is 1. The van der Waals surface area contributed by atoms with Gasteiger partial charge in [-0.3, -0.25) is 4.79 Å². The van der Waals surface area contributed by atoms with Gasteiger partial charge in [-0.05, 0) is 13.1 Å². The molecule has 1 N–H and O–H groups in total. The van der Waals surface area contributed by atoms with Crippen LogP contribution in [-0.2, 0) is 0 Å². The van der Waals surface area contributed by atoms with E-state index in [1.165, 1.54) is 0 Å². The molecule has 0 aliphatic heterocycles. The normalized spacial score (nSPS) is 10.7. The Labute approximate surface area is 88.1 Å². The molecular weight excluding hydrogens is 190 g/mol. The Balaban J connectivity index is 2.31. The number of benzene rings is 1. The molecule has 0 saturated heterocycles. The lowest BCUT2D eigenvalue weighted by molar-refractivity contribution is 0.0984. The molecular formula is C12H13NO2. The minimum Gasteiger partial charge on any atom is -0.464 e. The van der Waals surface area contributed by atoms with Crippen molar-refractivity contribution in [3.63, 3.8) is 0 Å². The van der Waals surface area contributed by atoms with E-state index in [1.807, 2.05) is 31.3 Å². The molecule has 1 aromatic heterocycles. The first-order chi connectivity index (χ1) is 7.33. The summed E-state index contributed by atoms with van der Waals surface area (Å²) in [7, 11) is 1.83. The number of Topliss-reactive ketones (excluding diaryl/α,β-unsaturated/α-hetero) is 1. The van der Waals surface area contributed by atoms with Gasteiger partial charge in [0.05, 0.1) is 5.56 Å². The molecule has 0 saturated carbocycles. The van der Waals surface area contributed by atoms with E-state index in [0.717, 1.165) is 11.0 Å². The number of furan rings is 1. The average molecular weight is 203 g/mol. The Morgan fingerprint density at radius 1 is 1.40 bits per heavy atom. The lowest BCUT2D eigenvalue weighted by Crippen LogP contribution is -2.12. The van der Waals surface area contributed by atoms with E-state index in [1.54, 1.807) is 6.26 Å². The molecule has 1 heterocycles. The molecule has 0 aliphatic rings. The quantitative estimate of drug-likeness (QED) is 0.775. The highest BCUT2D eigenvalue weighted by Crippen LogP contribution is 2.21. The standard InChI is InChI=1S/C12H13NO2/c1-13-7-6-11(14)10-8-15-12-5-3-2-4-9(10)12/h2-5,8,13H,6-7H2,1H3. The van der Waals surface area contributed by atoms with Crippen LogP contribution in [0.15, 0.2) is 34.9 Å². The Morgan fingerprint density at radius 2 is 2.20 bits per heavy atom. The molecule has 0 bridgehead atoms. The molecule has 0 spiro atoms. The van der Waals surface area contributed by atoms with Crippen molar-refractivity contribution in [2.75, 3.05) is 13.6 Å². The van der Waals surface area contributed by atoms with Crippen molar-refractivity contribution in [3.05, 3.63) is 36.1 Å². The van der Waals surface area contributed by atoms with E-state index in [9.17, 15) is 4.79 Å². The van der Waals surface area contributed by atoms with Crippen molar-refractivity contribution in [2.24, 2.45) is 0 Å². The van der Waals surface area contributed by atoms with Crippen LogP contribution in [-0.4, -0.2) is 19.4 Å². The largest absolute Gasteiger partial charge is 0.464 e. The summed E-state index contributed by atoms with van der Waals surface area (Å²) < 4.78 is 5.31. The van der Waals surface area contributed by atoms with Gasteiger partial charge >= 0.3 is 0 Å². The molecule has 0 fully saturated rings. The topological polar surface area (TPSA) is 42.2 Å². The minimum atomic E-state index is 0.120. The summed E-state index contributed by atoms with van der Waals surface area (Å²) in [6, 6.07) is 7.58. The summed E-state index contributed by atoms with van der Waals surface area (Å²) in [5.41, 5.74) is 1.45. The van der Waals surface area contributed by atoms with Crippen LogP contribution in [0.2, 0.25) is 0 Å². The fourth-order valence-corrected chi connectivity index (χ4v) is 1.57. The Kier molecular flexibility index (Phi) is 2.83. The molecule has 0 atom stereocenters. The summed E-state index contributed by atoms with van der Waals surface area (Å²) in [6.07, 6.45) is 2.04. The molecule has 15 heavy (non-hydrogen) atoms. The number of nitrogens with one attached hydrogen (secondary N) is 1. The van der Waals surface area contributed by atoms with Crippen molar-refractivity contribution in [1.82, 2.24) is 5.32 Å². The fourth-order valence-electron chi connectivity index (χ4n) is 1.57. The van der Waals surface area contributed by atoms with Crippen LogP contribution < -0.4 is 5.32 Å². The van der Waals surface area contributed by atoms with E-state index in [-0.39, 0.29) is 5.78 Å². The maximum atomic E-state index is 11.8. The molecule has 3 heteroatoms. The van der Waals surface area contributed by atoms with Gasteiger partial charge in [-0.2, -0.15) is 0 Å². The Bertz CT molecular complexity index is 473. The van der Waals surface area contributed by atoms with Gasteiger partial charge in [0.15, 0.2) is 5.78 Å². The van der Waals surface area contributed by atoms with Crippen molar-refractivity contribution in [3.8, 4) is 0 Å². The Morgan fingerprint density at radius 3 is 3.00 bits per heavy atom. The van der Waals surface area contributed by atoms with E-state index < -0.39 is 0 Å². The zero-order chi connectivity index (χ0) is 10.7. The summed E-state index contributed by atoms with van der Waals surface area (Å²) in [5, 5.41) is 3.86. The van der Waals surface area contributed by atoms with Crippen LogP contribution in [0.25, 0.3) is 11.0 Å². The lowest BCUT2D eigenvalue weighted by Gasteiger charge is -1.97. The minimum absolute atomic E-state index is 0.120. The van der Waals surface area contributed by atoms with Gasteiger partial charge in [0, 0.05) is 18.4 Å². The van der Waals surface area contributed by atoms with Crippen LogP contribution >= 0.6 is 0 Å². The Hall–Kier alpha value is -1.61. The van der Waals surface area contributed by atoms with Crippen molar-refractivity contribution < 1.29 is 9.21 Å². The first-order valence-corrected chi connectivity index (χ1v) is 4.97. The molecule has 2 rings (SSSR count). The first-order valence-electron chi connectivity index (χ1n) is 4.97. The maximum Gasteiger partial charge on any atom is 0.167 e. The molecule has 1 aromatic carbocycles. The van der Waals surface area contributed by atoms with Gasteiger partial charge in [0.25, 0.3) is 0 Å². The smallest absolute Gasteiger partial charge is 0.167 e. The van der Waals surface area contributed by atoms with Gasteiger partial charge in [-0.15, -0.1) is 0 Å². The summed E-state index contributed by atoms with van der Waals surface area (Å²) >= 11 is 0. The van der Waals surface area contributed by atoms with Gasteiger partial charge < -0.3 is 9.73 Å². The number of hydrogen-bond acceptors (Lipinski definition) is 3. The lowest BCUT2D eigenvalue weighted by atomic mass is 10.1. The third-order valence-corrected chi connectivity index (χ3v) is 2.38. The van der Waals surface area contributed by atoms with Gasteiger partial charge in [-0.1, -0.05) is 18.2 Å². The summed E-state index contributed by atoms with van der Waals surface area (Å²) in [6.45, 7) is 0.693. The van der Waals surface area contributed by atoms with Crippen molar-refractivity contribution >= 4 is 16.8 Å². The highest BCUT2D eigenvalue weighted by atomic mass is 16.3. The number of hydrogen-bond donors (Lipinski definition) is 1. The highest BCUT2D eigenvalue weighted by molar-refractivity contribution is 6.07. The second kappa shape index (κ2) is 4.28. The van der Waals surface area contributed by atoms with E-state index in [2.05, 4.69) is 5.32 Å². The molecule has 78 valence electrons. The van der Waals surface area contributed by atoms with Crippen LogP contribution in [0.3, 0.4) is 0 Å². The molecule has 0 radical (unpaired) electrons. The second-order valence-corrected chi connectivity index (χ2v) is 3.42. The summed E-state index contributed by atoms with van der Waals surface area (Å²) in [4.78, 5) is 11.8. The van der Waals surface area contributed by atoms with Gasteiger partial charge in [-0.25, -0.2) is 0 Å². The van der Waals surface area contributed by atoms with Gasteiger partial charge in [0.1, 0.15) is 11.8 Å². The number of rotatable bonds is 4. The number of ketones is 1. The molecule has 0 aliphatic carbocycles. The van der Waals surface area contributed by atoms with Crippen LogP contribution in [0, 0.1) is 0 Å². The molecule has 3 nitrogen and oxygen atoms in total. The van der Waals surface area contributed by atoms with Crippen LogP contribution in [0.1, 0.15) is 16.8 Å². The van der Waals surface area contributed by atoms with Crippen molar-refractivity contribution in [2.45, 2.75) is 6.42 Å². The SMILES string of the molecule is CNCCC(=O)c1coc2ccccc12. The zero-order valence-corrected chi connectivity index (χ0v) is 8.62. The molecule has 0 unspecified atom stereocenters. The third kappa shape index (κ3) is 1.92. The van der Waals surface area contributed by atoms with Crippen LogP contribution in [0.4, 0.5) is 0 Å². The third-order valence-electron chi connectivity index (χ3n) is 2.38. The highest BCUT2D eigenvalue weighted by Gasteiger charge is 2.12. The predicted molar refractivity (Wildman–Crippen MR) is 59.1 cm³/mol. The number of fused-ring (bicyclic) bond motifs is 1. The van der Waals surface area contributed by atoms with E-state index in [4.69, 9.17) is 4.42 Å². The summed E-state index contributed by atoms with van der Waals surface area (Å²) in [5.74, 6) is 0.120. The van der Waals surface area contributed by atoms with E-state index in [0.29, 0.717) is 18.5 Å². The average Bonchev–Trinajstić information content (AvgIpc) is 2.69.